The zero-order valence-corrected chi connectivity index (χ0v) is 12.8. The Bertz CT molecular complexity index is 466. The molecule has 0 bridgehead atoms. The number of anilines is 1. The van der Waals surface area contributed by atoms with Gasteiger partial charge in [-0.3, -0.25) is 4.79 Å². The fourth-order valence-corrected chi connectivity index (χ4v) is 2.01. The van der Waals surface area contributed by atoms with E-state index in [0.29, 0.717) is 15.7 Å². The van der Waals surface area contributed by atoms with Crippen molar-refractivity contribution in [3.05, 3.63) is 22.2 Å². The summed E-state index contributed by atoms with van der Waals surface area (Å²) in [4.78, 5) is 11.4. The zero-order chi connectivity index (χ0) is 13.9. The Balaban J connectivity index is 2.74. The number of phenols is 1. The van der Waals surface area contributed by atoms with Crippen molar-refractivity contribution >= 4 is 44.9 Å². The summed E-state index contributed by atoms with van der Waals surface area (Å²) in [7, 11) is 0. The monoisotopic (exact) mass is 330 g/mol. The molecule has 0 fully saturated rings. The predicted octanol–water partition coefficient (Wildman–Crippen LogP) is 2.93. The van der Waals surface area contributed by atoms with Gasteiger partial charge in [0.15, 0.2) is 5.11 Å². The minimum Gasteiger partial charge on any atom is -0.506 e. The van der Waals surface area contributed by atoms with E-state index in [0.717, 1.165) is 0 Å². The Morgan fingerprint density at radius 3 is 2.56 bits per heavy atom. The van der Waals surface area contributed by atoms with Crippen LogP contribution in [-0.2, 0) is 4.79 Å². The van der Waals surface area contributed by atoms with Gasteiger partial charge in [0.05, 0.1) is 4.47 Å². The highest BCUT2D eigenvalue weighted by Crippen LogP contribution is 2.30. The fourth-order valence-electron chi connectivity index (χ4n) is 1.23. The van der Waals surface area contributed by atoms with Gasteiger partial charge in [0.2, 0.25) is 5.91 Å². The minimum absolute atomic E-state index is 0.127. The molecule has 1 aromatic carbocycles. The largest absolute Gasteiger partial charge is 0.506 e. The Morgan fingerprint density at radius 2 is 2.06 bits per heavy atom. The summed E-state index contributed by atoms with van der Waals surface area (Å²) < 4.78 is 0.572. The van der Waals surface area contributed by atoms with Gasteiger partial charge in [-0.1, -0.05) is 13.8 Å². The van der Waals surface area contributed by atoms with Crippen LogP contribution in [0.1, 0.15) is 19.4 Å². The lowest BCUT2D eigenvalue weighted by Gasteiger charge is -2.12. The summed E-state index contributed by atoms with van der Waals surface area (Å²) in [6, 6.07) is 3.43. The maximum atomic E-state index is 11.4. The first-order valence-electron chi connectivity index (χ1n) is 5.42. The van der Waals surface area contributed by atoms with E-state index in [1.54, 1.807) is 32.9 Å². The molecule has 0 heterocycles. The highest BCUT2D eigenvalue weighted by molar-refractivity contribution is 9.10. The Hall–Kier alpha value is -1.14. The molecule has 0 atom stereocenters. The number of hydrogen-bond donors (Lipinski definition) is 3. The van der Waals surface area contributed by atoms with Gasteiger partial charge in [0, 0.05) is 11.6 Å². The molecule has 0 aliphatic carbocycles. The van der Waals surface area contributed by atoms with Gasteiger partial charge in [0.1, 0.15) is 5.75 Å². The van der Waals surface area contributed by atoms with E-state index in [1.165, 1.54) is 0 Å². The van der Waals surface area contributed by atoms with Gasteiger partial charge in [-0.15, -0.1) is 0 Å². The van der Waals surface area contributed by atoms with Crippen molar-refractivity contribution < 1.29 is 9.90 Å². The first-order valence-corrected chi connectivity index (χ1v) is 6.62. The highest BCUT2D eigenvalue weighted by atomic mass is 79.9. The standard InChI is InChI=1S/C12H15BrN2O2S/c1-6(2)11(17)15-12(18)14-8-4-7(3)10(16)9(13)5-8/h4-6,16H,1-3H3,(H2,14,15,17,18). The third kappa shape index (κ3) is 3.96. The number of hydrogen-bond acceptors (Lipinski definition) is 3. The van der Waals surface area contributed by atoms with Crippen molar-refractivity contribution in [1.82, 2.24) is 5.32 Å². The van der Waals surface area contributed by atoms with E-state index in [2.05, 4.69) is 26.6 Å². The van der Waals surface area contributed by atoms with Crippen molar-refractivity contribution in [2.45, 2.75) is 20.8 Å². The Kier molecular flexibility index (Phi) is 5.10. The number of phenolic OH excluding ortho intramolecular Hbond substituents is 1. The summed E-state index contributed by atoms with van der Waals surface area (Å²) in [5.74, 6) is -0.0715. The van der Waals surface area contributed by atoms with Crippen LogP contribution in [0, 0.1) is 12.8 Å². The van der Waals surface area contributed by atoms with Gasteiger partial charge in [-0.2, -0.15) is 0 Å². The molecule has 0 spiro atoms. The van der Waals surface area contributed by atoms with Gasteiger partial charge in [-0.05, 0) is 52.8 Å². The summed E-state index contributed by atoms with van der Waals surface area (Å²) in [5, 5.41) is 15.3. The molecule has 0 aromatic heterocycles. The van der Waals surface area contributed by atoms with E-state index in [-0.39, 0.29) is 22.7 Å². The van der Waals surface area contributed by atoms with Crippen LogP contribution < -0.4 is 10.6 Å². The fraction of sp³-hybridized carbons (Fsp3) is 0.333. The predicted molar refractivity (Wildman–Crippen MR) is 79.7 cm³/mol. The average molecular weight is 331 g/mol. The van der Waals surface area contributed by atoms with E-state index < -0.39 is 0 Å². The molecule has 0 radical (unpaired) electrons. The van der Waals surface area contributed by atoms with Gasteiger partial charge in [0.25, 0.3) is 0 Å². The molecule has 0 saturated carbocycles. The van der Waals surface area contributed by atoms with E-state index in [9.17, 15) is 9.90 Å². The normalized spacial score (nSPS) is 10.3. The molecular formula is C12H15BrN2O2S. The smallest absolute Gasteiger partial charge is 0.228 e. The number of nitrogens with one attached hydrogen (secondary N) is 2. The van der Waals surface area contributed by atoms with Crippen molar-refractivity contribution in [1.29, 1.82) is 0 Å². The van der Waals surface area contributed by atoms with Crippen LogP contribution in [0.2, 0.25) is 0 Å². The number of thiocarbonyl (C=S) groups is 1. The molecule has 0 aliphatic rings. The second-order valence-electron chi connectivity index (χ2n) is 4.22. The van der Waals surface area contributed by atoms with Crippen molar-refractivity contribution in [3.8, 4) is 5.75 Å². The number of halogens is 1. The third-order valence-corrected chi connectivity index (χ3v) is 3.08. The number of carbonyl (C=O) groups excluding carboxylic acids is 1. The summed E-state index contributed by atoms with van der Waals surface area (Å²) in [6.07, 6.45) is 0. The SMILES string of the molecule is Cc1cc(NC(=S)NC(=O)C(C)C)cc(Br)c1O. The molecule has 1 aromatic rings. The maximum Gasteiger partial charge on any atom is 0.228 e. The summed E-state index contributed by atoms with van der Waals surface area (Å²) in [5.41, 5.74) is 1.41. The molecule has 6 heteroatoms. The first kappa shape index (κ1) is 14.9. The minimum atomic E-state index is -0.137. The van der Waals surface area contributed by atoms with Crippen LogP contribution in [0.5, 0.6) is 5.75 Å². The highest BCUT2D eigenvalue weighted by Gasteiger charge is 2.10. The molecular weight excluding hydrogens is 316 g/mol. The van der Waals surface area contributed by atoms with Crippen molar-refractivity contribution in [2.75, 3.05) is 5.32 Å². The van der Waals surface area contributed by atoms with Gasteiger partial charge in [-0.25, -0.2) is 0 Å². The molecule has 1 amide bonds. The summed E-state index contributed by atoms with van der Waals surface area (Å²) in [6.45, 7) is 5.36. The lowest BCUT2D eigenvalue weighted by atomic mass is 10.2. The van der Waals surface area contributed by atoms with Crippen LogP contribution in [0.25, 0.3) is 0 Å². The number of benzene rings is 1. The van der Waals surface area contributed by atoms with Crippen LogP contribution in [0.4, 0.5) is 5.69 Å². The number of aryl methyl sites for hydroxylation is 1. The Labute approximate surface area is 120 Å². The molecule has 18 heavy (non-hydrogen) atoms. The third-order valence-electron chi connectivity index (χ3n) is 2.27. The quantitative estimate of drug-likeness (QED) is 0.576. The molecule has 1 rings (SSSR count). The molecule has 0 aliphatic heterocycles. The van der Waals surface area contributed by atoms with E-state index in [4.69, 9.17) is 12.2 Å². The van der Waals surface area contributed by atoms with Crippen LogP contribution in [0.3, 0.4) is 0 Å². The van der Waals surface area contributed by atoms with E-state index in [1.807, 2.05) is 0 Å². The van der Waals surface area contributed by atoms with Crippen LogP contribution >= 0.6 is 28.1 Å². The number of amides is 1. The first-order chi connectivity index (χ1) is 8.31. The van der Waals surface area contributed by atoms with Gasteiger partial charge < -0.3 is 15.7 Å². The van der Waals surface area contributed by atoms with Crippen molar-refractivity contribution in [3.63, 3.8) is 0 Å². The molecule has 0 saturated heterocycles. The maximum absolute atomic E-state index is 11.4. The number of carbonyl (C=O) groups is 1. The van der Waals surface area contributed by atoms with E-state index >= 15 is 0 Å². The lowest BCUT2D eigenvalue weighted by molar-refractivity contribution is -0.122. The van der Waals surface area contributed by atoms with Crippen LogP contribution in [-0.4, -0.2) is 16.1 Å². The van der Waals surface area contributed by atoms with Gasteiger partial charge >= 0.3 is 0 Å². The molecule has 3 N–H and O–H groups in total. The molecule has 98 valence electrons. The zero-order valence-electron chi connectivity index (χ0n) is 10.4. The van der Waals surface area contributed by atoms with Crippen molar-refractivity contribution in [2.24, 2.45) is 5.92 Å². The average Bonchev–Trinajstić information content (AvgIpc) is 2.25. The second kappa shape index (κ2) is 6.15. The molecule has 0 unspecified atom stereocenters. The number of aromatic hydroxyl groups is 1. The second-order valence-corrected chi connectivity index (χ2v) is 5.48. The van der Waals surface area contributed by atoms with Crippen LogP contribution in [0.15, 0.2) is 16.6 Å². The Morgan fingerprint density at radius 1 is 1.44 bits per heavy atom. The molecule has 4 nitrogen and oxygen atoms in total. The number of rotatable bonds is 2. The summed E-state index contributed by atoms with van der Waals surface area (Å²) >= 11 is 8.27. The lowest BCUT2D eigenvalue weighted by Crippen LogP contribution is -2.36. The topological polar surface area (TPSA) is 61.4 Å².